The lowest BCUT2D eigenvalue weighted by molar-refractivity contribution is 0.178. The molecule has 1 fully saturated rings. The van der Waals surface area contributed by atoms with Crippen LogP contribution in [0.4, 0.5) is 0 Å². The number of furan rings is 1. The van der Waals surface area contributed by atoms with E-state index in [0.717, 1.165) is 25.8 Å². The van der Waals surface area contributed by atoms with Gasteiger partial charge in [0.2, 0.25) is 5.09 Å². The van der Waals surface area contributed by atoms with E-state index in [1.54, 1.807) is 6.07 Å². The summed E-state index contributed by atoms with van der Waals surface area (Å²) in [5.74, 6) is 0.815. The lowest BCUT2D eigenvalue weighted by atomic mass is 10.1. The Morgan fingerprint density at radius 3 is 2.86 bits per heavy atom. The molecule has 1 aromatic rings. The van der Waals surface area contributed by atoms with Gasteiger partial charge in [0.1, 0.15) is 5.76 Å². The lowest BCUT2D eigenvalue weighted by Crippen LogP contribution is -2.28. The van der Waals surface area contributed by atoms with Gasteiger partial charge in [0.25, 0.3) is 10.0 Å². The number of aliphatic hydroxyl groups excluding tert-OH is 1. The Morgan fingerprint density at radius 2 is 2.19 bits per heavy atom. The molecule has 0 saturated heterocycles. The summed E-state index contributed by atoms with van der Waals surface area (Å²) in [6, 6.07) is 3.16. The topological polar surface area (TPSA) is 91.6 Å². The Morgan fingerprint density at radius 1 is 1.38 bits per heavy atom. The predicted octanol–water partition coefficient (Wildman–Crippen LogP) is 1.22. The molecule has 1 heterocycles. The third-order valence-electron chi connectivity index (χ3n) is 3.70. The van der Waals surface area contributed by atoms with Crippen molar-refractivity contribution in [3.63, 3.8) is 0 Å². The van der Waals surface area contributed by atoms with Gasteiger partial charge in [0, 0.05) is 6.54 Å². The van der Waals surface area contributed by atoms with Gasteiger partial charge >= 0.3 is 0 Å². The van der Waals surface area contributed by atoms with Crippen LogP contribution in [0.15, 0.2) is 21.6 Å². The predicted molar refractivity (Wildman–Crippen MR) is 79.2 cm³/mol. The molecular weight excluding hydrogens is 292 g/mol. The second-order valence-electron chi connectivity index (χ2n) is 5.58. The molecule has 6 nitrogen and oxygen atoms in total. The van der Waals surface area contributed by atoms with Gasteiger partial charge in [-0.15, -0.1) is 0 Å². The Bertz CT molecular complexity index is 541. The second-order valence-corrected chi connectivity index (χ2v) is 7.28. The van der Waals surface area contributed by atoms with Crippen LogP contribution in [0, 0.1) is 5.92 Å². The molecular formula is C14H24N2O4S. The molecule has 0 aromatic carbocycles. The number of hydrogen-bond acceptors (Lipinski definition) is 5. The van der Waals surface area contributed by atoms with Crippen LogP contribution in [0.1, 0.15) is 38.4 Å². The SMILES string of the molecule is CCCNCc1ccc(S(=O)(=O)NCC2CCC(O)C2)o1. The Balaban J connectivity index is 1.87. The molecule has 0 aliphatic heterocycles. The number of sulfonamides is 1. The highest BCUT2D eigenvalue weighted by Gasteiger charge is 2.25. The van der Waals surface area contributed by atoms with Crippen LogP contribution in [0.5, 0.6) is 0 Å². The van der Waals surface area contributed by atoms with Crippen molar-refractivity contribution in [2.24, 2.45) is 5.92 Å². The van der Waals surface area contributed by atoms with Crippen molar-refractivity contribution in [3.05, 3.63) is 17.9 Å². The average molecular weight is 316 g/mol. The fraction of sp³-hybridized carbons (Fsp3) is 0.714. The zero-order valence-corrected chi connectivity index (χ0v) is 13.2. The van der Waals surface area contributed by atoms with Crippen LogP contribution in [-0.2, 0) is 16.6 Å². The monoisotopic (exact) mass is 316 g/mol. The van der Waals surface area contributed by atoms with Crippen molar-refractivity contribution >= 4 is 10.0 Å². The minimum atomic E-state index is -3.60. The fourth-order valence-electron chi connectivity index (χ4n) is 2.52. The highest BCUT2D eigenvalue weighted by atomic mass is 32.2. The number of rotatable bonds is 8. The van der Waals surface area contributed by atoms with Gasteiger partial charge in [-0.3, -0.25) is 0 Å². The second kappa shape index (κ2) is 7.40. The zero-order valence-electron chi connectivity index (χ0n) is 12.3. The van der Waals surface area contributed by atoms with Gasteiger partial charge in [-0.1, -0.05) is 6.92 Å². The summed E-state index contributed by atoms with van der Waals surface area (Å²) in [4.78, 5) is 0. The highest BCUT2D eigenvalue weighted by molar-refractivity contribution is 7.89. The molecule has 1 aliphatic carbocycles. The van der Waals surface area contributed by atoms with Crippen molar-refractivity contribution in [1.29, 1.82) is 0 Å². The van der Waals surface area contributed by atoms with E-state index in [1.165, 1.54) is 6.07 Å². The molecule has 0 bridgehead atoms. The van der Waals surface area contributed by atoms with Crippen molar-refractivity contribution in [2.75, 3.05) is 13.1 Å². The Kier molecular flexibility index (Phi) is 5.80. The van der Waals surface area contributed by atoms with E-state index in [2.05, 4.69) is 17.0 Å². The standard InChI is InChI=1S/C14H24N2O4S/c1-2-7-15-10-13-5-6-14(20-13)21(18,19)16-9-11-3-4-12(17)8-11/h5-6,11-12,15-17H,2-4,7-10H2,1H3. The molecule has 120 valence electrons. The number of nitrogens with one attached hydrogen (secondary N) is 2. The van der Waals surface area contributed by atoms with Gasteiger partial charge in [0.15, 0.2) is 0 Å². The number of aliphatic hydroxyl groups is 1. The smallest absolute Gasteiger partial charge is 0.273 e. The van der Waals surface area contributed by atoms with Gasteiger partial charge in [-0.25, -0.2) is 13.1 Å². The summed E-state index contributed by atoms with van der Waals surface area (Å²) in [6.45, 7) is 3.81. The van der Waals surface area contributed by atoms with E-state index in [-0.39, 0.29) is 17.1 Å². The van der Waals surface area contributed by atoms with Crippen molar-refractivity contribution in [1.82, 2.24) is 10.0 Å². The lowest BCUT2D eigenvalue weighted by Gasteiger charge is -2.10. The fourth-order valence-corrected chi connectivity index (χ4v) is 3.58. The molecule has 1 aliphatic rings. The highest BCUT2D eigenvalue weighted by Crippen LogP contribution is 2.25. The first kappa shape index (κ1) is 16.5. The van der Waals surface area contributed by atoms with Crippen molar-refractivity contribution < 1.29 is 17.9 Å². The maximum atomic E-state index is 12.1. The molecule has 0 amide bonds. The third kappa shape index (κ3) is 4.81. The summed E-state index contributed by atoms with van der Waals surface area (Å²) in [5.41, 5.74) is 0. The van der Waals surface area contributed by atoms with Gasteiger partial charge in [-0.2, -0.15) is 0 Å². The molecule has 0 radical (unpaired) electrons. The van der Waals surface area contributed by atoms with Crippen LogP contribution >= 0.6 is 0 Å². The van der Waals surface area contributed by atoms with Gasteiger partial charge in [-0.05, 0) is 50.3 Å². The van der Waals surface area contributed by atoms with E-state index >= 15 is 0 Å². The first-order chi connectivity index (χ1) is 10.0. The summed E-state index contributed by atoms with van der Waals surface area (Å²) < 4.78 is 32.2. The van der Waals surface area contributed by atoms with E-state index < -0.39 is 10.0 Å². The van der Waals surface area contributed by atoms with Gasteiger partial charge < -0.3 is 14.8 Å². The van der Waals surface area contributed by atoms with E-state index in [0.29, 0.717) is 25.3 Å². The van der Waals surface area contributed by atoms with Gasteiger partial charge in [0.05, 0.1) is 12.6 Å². The normalized spacial score (nSPS) is 22.8. The molecule has 2 rings (SSSR count). The molecule has 7 heteroatoms. The molecule has 21 heavy (non-hydrogen) atoms. The van der Waals surface area contributed by atoms with E-state index in [1.807, 2.05) is 0 Å². The zero-order chi connectivity index (χ0) is 15.3. The molecule has 1 saturated carbocycles. The summed E-state index contributed by atoms with van der Waals surface area (Å²) in [5, 5.41) is 12.6. The van der Waals surface area contributed by atoms with Crippen LogP contribution in [0.3, 0.4) is 0 Å². The first-order valence-electron chi connectivity index (χ1n) is 7.48. The summed E-state index contributed by atoms with van der Waals surface area (Å²) in [7, 11) is -3.60. The number of hydrogen-bond donors (Lipinski definition) is 3. The Labute approximate surface area is 126 Å². The van der Waals surface area contributed by atoms with E-state index in [9.17, 15) is 13.5 Å². The van der Waals surface area contributed by atoms with Crippen molar-refractivity contribution in [2.45, 2.75) is 50.3 Å². The van der Waals surface area contributed by atoms with E-state index in [4.69, 9.17) is 4.42 Å². The largest absolute Gasteiger partial charge is 0.447 e. The maximum Gasteiger partial charge on any atom is 0.273 e. The maximum absolute atomic E-state index is 12.1. The minimum absolute atomic E-state index is 0.0469. The first-order valence-corrected chi connectivity index (χ1v) is 8.96. The average Bonchev–Trinajstić information content (AvgIpc) is 3.06. The van der Waals surface area contributed by atoms with Crippen molar-refractivity contribution in [3.8, 4) is 0 Å². The molecule has 2 unspecified atom stereocenters. The summed E-state index contributed by atoms with van der Waals surface area (Å²) >= 11 is 0. The molecule has 2 atom stereocenters. The third-order valence-corrected chi connectivity index (χ3v) is 5.00. The minimum Gasteiger partial charge on any atom is -0.447 e. The van der Waals surface area contributed by atoms with Crippen LogP contribution in [0.2, 0.25) is 0 Å². The summed E-state index contributed by atoms with van der Waals surface area (Å²) in [6.07, 6.45) is 2.99. The molecule has 0 spiro atoms. The van der Waals surface area contributed by atoms with Crippen LogP contribution < -0.4 is 10.0 Å². The molecule has 1 aromatic heterocycles. The molecule has 3 N–H and O–H groups in total. The quantitative estimate of drug-likeness (QED) is 0.627. The van der Waals surface area contributed by atoms with Crippen LogP contribution in [0.25, 0.3) is 0 Å². The van der Waals surface area contributed by atoms with Crippen LogP contribution in [-0.4, -0.2) is 32.7 Å². The Hall–Kier alpha value is -0.890.